The first-order valence-electron chi connectivity index (χ1n) is 12.9. The van der Waals surface area contributed by atoms with Crippen molar-refractivity contribution >= 4 is 16.7 Å². The largest absolute Gasteiger partial charge is 0.478 e. The number of carboxylic acids is 1. The zero-order chi connectivity index (χ0) is 24.9. The van der Waals surface area contributed by atoms with Crippen LogP contribution < -0.4 is 5.32 Å². The molecule has 184 valence electrons. The Balaban J connectivity index is 1.31. The van der Waals surface area contributed by atoms with E-state index < -0.39 is 5.97 Å². The van der Waals surface area contributed by atoms with Gasteiger partial charge in [0.1, 0.15) is 0 Å². The van der Waals surface area contributed by atoms with Crippen LogP contribution in [-0.4, -0.2) is 35.6 Å². The standard InChI is InChI=1S/C32H34N2O2/c1-23(28-17-9-14-24-12-5-7-15-29(24)28)33-20-26-18-19-34(22-31(26)25-10-3-2-4-11-25)21-27-13-6-8-16-30(27)32(35)36/h2-17,23,26,31,33H,18-22H2,1H3,(H,35,36). The van der Waals surface area contributed by atoms with Crippen molar-refractivity contribution in [1.82, 2.24) is 10.2 Å². The molecular formula is C32H34N2O2. The summed E-state index contributed by atoms with van der Waals surface area (Å²) in [6.45, 7) is 5.76. The second kappa shape index (κ2) is 11.1. The first kappa shape index (κ1) is 24.2. The average molecular weight is 479 g/mol. The van der Waals surface area contributed by atoms with E-state index in [2.05, 4.69) is 89.9 Å². The molecule has 0 aromatic heterocycles. The van der Waals surface area contributed by atoms with Crippen LogP contribution in [0.5, 0.6) is 0 Å². The summed E-state index contributed by atoms with van der Waals surface area (Å²) in [6.07, 6.45) is 1.07. The molecule has 2 N–H and O–H groups in total. The molecule has 5 rings (SSSR count). The van der Waals surface area contributed by atoms with Gasteiger partial charge in [-0.2, -0.15) is 0 Å². The van der Waals surface area contributed by atoms with Crippen LogP contribution >= 0.6 is 0 Å². The number of carbonyl (C=O) groups is 1. The fraction of sp³-hybridized carbons (Fsp3) is 0.281. The Labute approximate surface area is 213 Å². The number of carboxylic acid groups (broad SMARTS) is 1. The Bertz CT molecular complexity index is 1310. The highest BCUT2D eigenvalue weighted by molar-refractivity contribution is 5.89. The van der Waals surface area contributed by atoms with Gasteiger partial charge in [-0.25, -0.2) is 4.79 Å². The maximum absolute atomic E-state index is 11.7. The van der Waals surface area contributed by atoms with Gasteiger partial charge in [-0.05, 0) is 65.9 Å². The van der Waals surface area contributed by atoms with Crippen LogP contribution in [0.1, 0.15) is 52.4 Å². The van der Waals surface area contributed by atoms with Crippen LogP contribution in [-0.2, 0) is 6.54 Å². The molecule has 4 aromatic rings. The molecule has 3 atom stereocenters. The van der Waals surface area contributed by atoms with Crippen LogP contribution in [0.25, 0.3) is 10.8 Å². The van der Waals surface area contributed by atoms with Crippen molar-refractivity contribution < 1.29 is 9.90 Å². The van der Waals surface area contributed by atoms with Crippen LogP contribution in [0.4, 0.5) is 0 Å². The lowest BCUT2D eigenvalue weighted by molar-refractivity contribution is 0.0693. The lowest BCUT2D eigenvalue weighted by atomic mass is 9.80. The lowest BCUT2D eigenvalue weighted by Gasteiger charge is -2.40. The van der Waals surface area contributed by atoms with E-state index in [4.69, 9.17) is 0 Å². The molecule has 4 nitrogen and oxygen atoms in total. The number of benzene rings is 4. The van der Waals surface area contributed by atoms with Gasteiger partial charge in [-0.15, -0.1) is 0 Å². The second-order valence-electron chi connectivity index (χ2n) is 9.96. The fourth-order valence-corrected chi connectivity index (χ4v) is 5.71. The average Bonchev–Trinajstić information content (AvgIpc) is 2.92. The van der Waals surface area contributed by atoms with Crippen molar-refractivity contribution in [2.45, 2.75) is 31.8 Å². The minimum Gasteiger partial charge on any atom is -0.478 e. The SMILES string of the molecule is CC(NCC1CCN(Cc2ccccc2C(=O)O)CC1c1ccccc1)c1cccc2ccccc12. The molecule has 0 radical (unpaired) electrons. The first-order chi connectivity index (χ1) is 17.6. The predicted molar refractivity (Wildman–Crippen MR) is 146 cm³/mol. The molecule has 4 heteroatoms. The number of piperidine rings is 1. The first-order valence-corrected chi connectivity index (χ1v) is 12.9. The van der Waals surface area contributed by atoms with Gasteiger partial charge in [-0.3, -0.25) is 4.90 Å². The highest BCUT2D eigenvalue weighted by Crippen LogP contribution is 2.34. The second-order valence-corrected chi connectivity index (χ2v) is 9.96. The minimum absolute atomic E-state index is 0.257. The summed E-state index contributed by atoms with van der Waals surface area (Å²) in [5.74, 6) is 0.0478. The molecule has 0 amide bonds. The monoisotopic (exact) mass is 478 g/mol. The predicted octanol–water partition coefficient (Wildman–Crippen LogP) is 6.49. The molecule has 0 spiro atoms. The quantitative estimate of drug-likeness (QED) is 0.304. The van der Waals surface area contributed by atoms with Crippen molar-refractivity contribution in [1.29, 1.82) is 0 Å². The normalized spacial score (nSPS) is 19.2. The maximum Gasteiger partial charge on any atom is 0.336 e. The third-order valence-corrected chi connectivity index (χ3v) is 7.69. The molecular weight excluding hydrogens is 444 g/mol. The molecule has 1 saturated heterocycles. The van der Waals surface area contributed by atoms with E-state index in [1.165, 1.54) is 21.9 Å². The number of nitrogens with one attached hydrogen (secondary N) is 1. The summed E-state index contributed by atoms with van der Waals surface area (Å²) < 4.78 is 0. The molecule has 1 fully saturated rings. The summed E-state index contributed by atoms with van der Waals surface area (Å²) in [7, 11) is 0. The summed E-state index contributed by atoms with van der Waals surface area (Å²) in [6, 6.07) is 33.6. The Morgan fingerprint density at radius 3 is 2.50 bits per heavy atom. The molecule has 3 unspecified atom stereocenters. The van der Waals surface area contributed by atoms with E-state index in [-0.39, 0.29) is 6.04 Å². The molecule has 36 heavy (non-hydrogen) atoms. The summed E-state index contributed by atoms with van der Waals surface area (Å²) in [5, 5.41) is 16.1. The van der Waals surface area contributed by atoms with Gasteiger partial charge in [0.2, 0.25) is 0 Å². The maximum atomic E-state index is 11.7. The van der Waals surface area contributed by atoms with Crippen LogP contribution in [0.3, 0.4) is 0 Å². The van der Waals surface area contributed by atoms with Crippen LogP contribution in [0.15, 0.2) is 97.1 Å². The van der Waals surface area contributed by atoms with Gasteiger partial charge in [0, 0.05) is 25.0 Å². The van der Waals surface area contributed by atoms with Gasteiger partial charge in [-0.1, -0.05) is 91.0 Å². The Hall–Kier alpha value is -3.47. The molecule has 1 aliphatic heterocycles. The zero-order valence-corrected chi connectivity index (χ0v) is 20.8. The molecule has 1 heterocycles. The number of nitrogens with zero attached hydrogens (tertiary/aromatic N) is 1. The lowest BCUT2D eigenvalue weighted by Crippen LogP contribution is -2.42. The number of hydrogen-bond acceptors (Lipinski definition) is 3. The highest BCUT2D eigenvalue weighted by atomic mass is 16.4. The summed E-state index contributed by atoms with van der Waals surface area (Å²) in [4.78, 5) is 14.1. The topological polar surface area (TPSA) is 52.6 Å². The smallest absolute Gasteiger partial charge is 0.336 e. The van der Waals surface area contributed by atoms with Crippen molar-refractivity contribution in [3.63, 3.8) is 0 Å². The van der Waals surface area contributed by atoms with Crippen molar-refractivity contribution in [3.05, 3.63) is 119 Å². The van der Waals surface area contributed by atoms with Gasteiger partial charge in [0.25, 0.3) is 0 Å². The fourth-order valence-electron chi connectivity index (χ4n) is 5.71. The van der Waals surface area contributed by atoms with E-state index >= 15 is 0 Å². The summed E-state index contributed by atoms with van der Waals surface area (Å²) >= 11 is 0. The molecule has 0 aliphatic carbocycles. The summed E-state index contributed by atoms with van der Waals surface area (Å²) in [5.41, 5.74) is 3.99. The molecule has 0 saturated carbocycles. The van der Waals surface area contributed by atoms with Crippen LogP contribution in [0.2, 0.25) is 0 Å². The van der Waals surface area contributed by atoms with E-state index in [1.807, 2.05) is 12.1 Å². The highest BCUT2D eigenvalue weighted by Gasteiger charge is 2.31. The van der Waals surface area contributed by atoms with Crippen LogP contribution in [0, 0.1) is 5.92 Å². The Morgan fingerprint density at radius 1 is 0.944 bits per heavy atom. The number of fused-ring (bicyclic) bond motifs is 1. The number of hydrogen-bond donors (Lipinski definition) is 2. The van der Waals surface area contributed by atoms with E-state index in [0.717, 1.165) is 31.6 Å². The number of rotatable bonds is 8. The minimum atomic E-state index is -0.855. The van der Waals surface area contributed by atoms with Gasteiger partial charge >= 0.3 is 5.97 Å². The zero-order valence-electron chi connectivity index (χ0n) is 20.8. The van der Waals surface area contributed by atoms with Crippen molar-refractivity contribution in [3.8, 4) is 0 Å². The van der Waals surface area contributed by atoms with E-state index in [9.17, 15) is 9.90 Å². The van der Waals surface area contributed by atoms with E-state index in [1.54, 1.807) is 12.1 Å². The Morgan fingerprint density at radius 2 is 1.67 bits per heavy atom. The van der Waals surface area contributed by atoms with Gasteiger partial charge in [0.05, 0.1) is 5.56 Å². The molecule has 4 aromatic carbocycles. The van der Waals surface area contributed by atoms with E-state index in [0.29, 0.717) is 23.9 Å². The third-order valence-electron chi connectivity index (χ3n) is 7.69. The van der Waals surface area contributed by atoms with Crippen molar-refractivity contribution in [2.24, 2.45) is 5.92 Å². The third kappa shape index (κ3) is 5.35. The van der Waals surface area contributed by atoms with Crippen molar-refractivity contribution in [2.75, 3.05) is 19.6 Å². The number of aromatic carboxylic acids is 1. The number of likely N-dealkylation sites (tertiary alicyclic amines) is 1. The van der Waals surface area contributed by atoms with Gasteiger partial charge in [0.15, 0.2) is 0 Å². The Kier molecular flexibility index (Phi) is 7.45. The molecule has 0 bridgehead atoms. The molecule has 1 aliphatic rings. The van der Waals surface area contributed by atoms with Gasteiger partial charge < -0.3 is 10.4 Å².